The summed E-state index contributed by atoms with van der Waals surface area (Å²) in [6.45, 7) is 9.39. The average Bonchev–Trinajstić information content (AvgIpc) is 2.74. The van der Waals surface area contributed by atoms with Crippen LogP contribution in [0.25, 0.3) is 0 Å². The molecule has 102 valence electrons. The molecule has 1 aromatic rings. The molecular formula is C14H23BrN2S. The van der Waals surface area contributed by atoms with Crippen molar-refractivity contribution in [2.45, 2.75) is 39.3 Å². The second kappa shape index (κ2) is 7.04. The number of thiophene rings is 1. The van der Waals surface area contributed by atoms with E-state index in [4.69, 9.17) is 0 Å². The molecule has 4 heteroatoms. The van der Waals surface area contributed by atoms with Crippen molar-refractivity contribution in [1.29, 1.82) is 0 Å². The first kappa shape index (κ1) is 14.5. The molecular weight excluding hydrogens is 308 g/mol. The van der Waals surface area contributed by atoms with Crippen LogP contribution in [0.15, 0.2) is 15.9 Å². The number of hydrogen-bond donors (Lipinski definition) is 1. The second-order valence-corrected chi connectivity index (χ2v) is 7.49. The minimum Gasteiger partial charge on any atom is -0.309 e. The molecule has 0 spiro atoms. The lowest BCUT2D eigenvalue weighted by Gasteiger charge is -2.33. The Morgan fingerprint density at radius 1 is 1.44 bits per heavy atom. The monoisotopic (exact) mass is 330 g/mol. The molecule has 1 aromatic heterocycles. The van der Waals surface area contributed by atoms with Crippen LogP contribution in [0.5, 0.6) is 0 Å². The zero-order chi connectivity index (χ0) is 13.0. The minimum absolute atomic E-state index is 0.703. The molecule has 1 saturated heterocycles. The highest BCUT2D eigenvalue weighted by Gasteiger charge is 2.19. The zero-order valence-electron chi connectivity index (χ0n) is 11.3. The molecule has 0 unspecified atom stereocenters. The number of halogens is 1. The molecule has 0 aliphatic carbocycles. The van der Waals surface area contributed by atoms with E-state index in [1.54, 1.807) is 0 Å². The smallest absolute Gasteiger partial charge is 0.0302 e. The molecule has 2 nitrogen and oxygen atoms in total. The van der Waals surface area contributed by atoms with Gasteiger partial charge in [-0.25, -0.2) is 0 Å². The number of likely N-dealkylation sites (tertiary alicyclic amines) is 1. The highest BCUT2D eigenvalue weighted by Crippen LogP contribution is 2.20. The van der Waals surface area contributed by atoms with E-state index in [1.807, 2.05) is 11.3 Å². The Morgan fingerprint density at radius 3 is 2.72 bits per heavy atom. The van der Waals surface area contributed by atoms with Gasteiger partial charge in [0.15, 0.2) is 0 Å². The van der Waals surface area contributed by atoms with Crippen molar-refractivity contribution in [3.63, 3.8) is 0 Å². The highest BCUT2D eigenvalue weighted by molar-refractivity contribution is 9.10. The van der Waals surface area contributed by atoms with Gasteiger partial charge in [0.25, 0.3) is 0 Å². The van der Waals surface area contributed by atoms with Crippen LogP contribution in [0.1, 0.15) is 31.6 Å². The van der Waals surface area contributed by atoms with Gasteiger partial charge in [0, 0.05) is 33.9 Å². The van der Waals surface area contributed by atoms with E-state index in [1.165, 1.54) is 41.8 Å². The van der Waals surface area contributed by atoms with E-state index in [0.29, 0.717) is 6.04 Å². The first-order valence-corrected chi connectivity index (χ1v) is 8.49. The lowest BCUT2D eigenvalue weighted by atomic mass is 10.0. The van der Waals surface area contributed by atoms with Crippen LogP contribution >= 0.6 is 27.3 Å². The van der Waals surface area contributed by atoms with E-state index in [2.05, 4.69) is 51.4 Å². The summed E-state index contributed by atoms with van der Waals surface area (Å²) in [5.74, 6) is 0.790. The Morgan fingerprint density at radius 2 is 2.17 bits per heavy atom. The summed E-state index contributed by atoms with van der Waals surface area (Å²) < 4.78 is 1.20. The molecule has 0 bridgehead atoms. The van der Waals surface area contributed by atoms with Crippen molar-refractivity contribution in [1.82, 2.24) is 10.2 Å². The van der Waals surface area contributed by atoms with Crippen molar-refractivity contribution >= 4 is 27.3 Å². The topological polar surface area (TPSA) is 15.3 Å². The van der Waals surface area contributed by atoms with Crippen molar-refractivity contribution in [2.75, 3.05) is 19.6 Å². The molecule has 0 atom stereocenters. The summed E-state index contributed by atoms with van der Waals surface area (Å²) in [4.78, 5) is 4.02. The average molecular weight is 331 g/mol. The summed E-state index contributed by atoms with van der Waals surface area (Å²) in [5, 5.41) is 5.84. The van der Waals surface area contributed by atoms with E-state index in [-0.39, 0.29) is 0 Å². The Labute approximate surface area is 123 Å². The fourth-order valence-electron chi connectivity index (χ4n) is 2.53. The lowest BCUT2D eigenvalue weighted by molar-refractivity contribution is 0.179. The van der Waals surface area contributed by atoms with Crippen LogP contribution in [0, 0.1) is 5.92 Å². The van der Waals surface area contributed by atoms with Crippen LogP contribution in [0.2, 0.25) is 0 Å². The normalized spacial score (nSPS) is 18.7. The summed E-state index contributed by atoms with van der Waals surface area (Å²) in [6.07, 6.45) is 2.58. The molecule has 0 amide bonds. The molecule has 1 aliphatic rings. The predicted molar refractivity (Wildman–Crippen MR) is 83.2 cm³/mol. The second-order valence-electron chi connectivity index (χ2n) is 5.58. The van der Waals surface area contributed by atoms with Crippen LogP contribution in [-0.4, -0.2) is 30.6 Å². The van der Waals surface area contributed by atoms with Crippen molar-refractivity contribution in [3.05, 3.63) is 20.8 Å². The summed E-state index contributed by atoms with van der Waals surface area (Å²) in [7, 11) is 0. The van der Waals surface area contributed by atoms with E-state index >= 15 is 0 Å². The maximum atomic E-state index is 3.69. The van der Waals surface area contributed by atoms with Gasteiger partial charge in [0.2, 0.25) is 0 Å². The van der Waals surface area contributed by atoms with Crippen LogP contribution in [0.4, 0.5) is 0 Å². The van der Waals surface area contributed by atoms with Gasteiger partial charge in [-0.05, 0) is 53.8 Å². The third-order valence-electron chi connectivity index (χ3n) is 3.40. The van der Waals surface area contributed by atoms with Gasteiger partial charge in [0.05, 0.1) is 0 Å². The third-order valence-corrected chi connectivity index (χ3v) is 5.10. The Balaban J connectivity index is 1.67. The molecule has 18 heavy (non-hydrogen) atoms. The van der Waals surface area contributed by atoms with Crippen LogP contribution in [0.3, 0.4) is 0 Å². The maximum Gasteiger partial charge on any atom is 0.0302 e. The highest BCUT2D eigenvalue weighted by atomic mass is 79.9. The Hall–Kier alpha value is 0.1000. The maximum absolute atomic E-state index is 3.69. The fourth-order valence-corrected chi connectivity index (χ4v) is 3.93. The molecule has 0 aromatic carbocycles. The van der Waals surface area contributed by atoms with Gasteiger partial charge in [0.1, 0.15) is 0 Å². The quantitative estimate of drug-likeness (QED) is 0.885. The third kappa shape index (κ3) is 4.65. The molecule has 1 N–H and O–H groups in total. The van der Waals surface area contributed by atoms with Crippen LogP contribution in [-0.2, 0) is 6.54 Å². The van der Waals surface area contributed by atoms with Gasteiger partial charge in [-0.1, -0.05) is 13.8 Å². The first-order chi connectivity index (χ1) is 8.63. The van der Waals surface area contributed by atoms with Gasteiger partial charge < -0.3 is 10.2 Å². The largest absolute Gasteiger partial charge is 0.309 e. The molecule has 1 aliphatic heterocycles. The van der Waals surface area contributed by atoms with E-state index < -0.39 is 0 Å². The summed E-state index contributed by atoms with van der Waals surface area (Å²) in [6, 6.07) is 2.92. The van der Waals surface area contributed by atoms with Crippen LogP contribution < -0.4 is 5.32 Å². The number of hydrogen-bond acceptors (Lipinski definition) is 3. The SMILES string of the molecule is CC(C)CN1CCC(NCc2cc(Br)cs2)CC1. The fraction of sp³-hybridized carbons (Fsp3) is 0.714. The minimum atomic E-state index is 0.703. The number of nitrogens with zero attached hydrogens (tertiary/aromatic N) is 1. The Bertz CT molecular complexity index is 356. The van der Waals surface area contributed by atoms with E-state index in [9.17, 15) is 0 Å². The zero-order valence-corrected chi connectivity index (χ0v) is 13.7. The molecule has 2 heterocycles. The van der Waals surface area contributed by atoms with Gasteiger partial charge in [-0.15, -0.1) is 11.3 Å². The number of nitrogens with one attached hydrogen (secondary N) is 1. The molecule has 2 rings (SSSR count). The van der Waals surface area contributed by atoms with Crippen molar-refractivity contribution < 1.29 is 0 Å². The number of piperidine rings is 1. The Kier molecular flexibility index (Phi) is 5.67. The van der Waals surface area contributed by atoms with Crippen molar-refractivity contribution in [3.8, 4) is 0 Å². The predicted octanol–water partition coefficient (Wildman–Crippen LogP) is 3.72. The number of rotatable bonds is 5. The van der Waals surface area contributed by atoms with Crippen molar-refractivity contribution in [2.24, 2.45) is 5.92 Å². The first-order valence-electron chi connectivity index (χ1n) is 6.82. The molecule has 1 fully saturated rings. The lowest BCUT2D eigenvalue weighted by Crippen LogP contribution is -2.43. The van der Waals surface area contributed by atoms with Gasteiger partial charge in [-0.3, -0.25) is 0 Å². The van der Waals surface area contributed by atoms with E-state index in [0.717, 1.165) is 12.5 Å². The summed E-state index contributed by atoms with van der Waals surface area (Å²) >= 11 is 5.33. The standard InChI is InChI=1S/C14H23BrN2S/c1-11(2)9-17-5-3-13(4-6-17)16-8-14-7-12(15)10-18-14/h7,10-11,13,16H,3-6,8-9H2,1-2H3. The summed E-state index contributed by atoms with van der Waals surface area (Å²) in [5.41, 5.74) is 0. The molecule has 0 radical (unpaired) electrons. The van der Waals surface area contributed by atoms with Gasteiger partial charge >= 0.3 is 0 Å². The molecule has 0 saturated carbocycles. The van der Waals surface area contributed by atoms with Gasteiger partial charge in [-0.2, -0.15) is 0 Å².